The first-order valence-electron chi connectivity index (χ1n) is 7.02. The Hall–Kier alpha value is -1.99. The lowest BCUT2D eigenvalue weighted by molar-refractivity contribution is -0.141. The minimum absolute atomic E-state index is 0.0201. The van der Waals surface area contributed by atoms with Gasteiger partial charge in [-0.3, -0.25) is 9.59 Å². The van der Waals surface area contributed by atoms with Crippen LogP contribution in [0.3, 0.4) is 0 Å². The molecule has 22 heavy (non-hydrogen) atoms. The third-order valence-corrected chi connectivity index (χ3v) is 5.37. The standard InChI is InChI=1S/C15H16N2O4S/c1-10-6-8-11(9-7-10)22(20,21)16-17-14(18)12-4-2-3-5-13(12)15(17)19/h2-3,6-9,12-13,16H,4-5H2,1H3. The zero-order chi connectivity index (χ0) is 15.9. The summed E-state index contributed by atoms with van der Waals surface area (Å²) in [6.07, 6.45) is 4.64. The van der Waals surface area contributed by atoms with E-state index in [4.69, 9.17) is 0 Å². The van der Waals surface area contributed by atoms with Crippen molar-refractivity contribution in [3.8, 4) is 0 Å². The van der Waals surface area contributed by atoms with Crippen LogP contribution in [-0.2, 0) is 19.6 Å². The number of carbonyl (C=O) groups excluding carboxylic acids is 2. The lowest BCUT2D eigenvalue weighted by atomic mass is 9.85. The van der Waals surface area contributed by atoms with Gasteiger partial charge in [0, 0.05) is 0 Å². The molecule has 7 heteroatoms. The zero-order valence-electron chi connectivity index (χ0n) is 12.0. The van der Waals surface area contributed by atoms with Crippen molar-refractivity contribution in [1.82, 2.24) is 9.84 Å². The number of benzene rings is 1. The topological polar surface area (TPSA) is 83.6 Å². The summed E-state index contributed by atoms with van der Waals surface area (Å²) in [4.78, 5) is 26.7. The van der Waals surface area contributed by atoms with Crippen LogP contribution < -0.4 is 4.83 Å². The summed E-state index contributed by atoms with van der Waals surface area (Å²) in [7, 11) is -3.96. The quantitative estimate of drug-likeness (QED) is 0.669. The molecule has 1 aromatic carbocycles. The van der Waals surface area contributed by atoms with Crippen molar-refractivity contribution in [3.63, 3.8) is 0 Å². The minimum Gasteiger partial charge on any atom is -0.273 e. The molecule has 2 aliphatic rings. The van der Waals surface area contributed by atoms with Gasteiger partial charge in [-0.1, -0.05) is 29.8 Å². The molecule has 1 aliphatic carbocycles. The maximum Gasteiger partial charge on any atom is 0.257 e. The molecule has 0 bridgehead atoms. The number of fused-ring (bicyclic) bond motifs is 1. The number of rotatable bonds is 3. The minimum atomic E-state index is -3.96. The van der Waals surface area contributed by atoms with E-state index in [1.54, 1.807) is 12.1 Å². The Morgan fingerprint density at radius 1 is 1.00 bits per heavy atom. The molecule has 0 saturated carbocycles. The number of carbonyl (C=O) groups is 2. The van der Waals surface area contributed by atoms with Gasteiger partial charge in [-0.25, -0.2) is 8.42 Å². The molecule has 0 aromatic heterocycles. The summed E-state index contributed by atoms with van der Waals surface area (Å²) >= 11 is 0. The van der Waals surface area contributed by atoms with Crippen LogP contribution in [0, 0.1) is 18.8 Å². The molecule has 116 valence electrons. The molecule has 6 nitrogen and oxygen atoms in total. The van der Waals surface area contributed by atoms with E-state index in [9.17, 15) is 18.0 Å². The van der Waals surface area contributed by atoms with Gasteiger partial charge in [0.1, 0.15) is 0 Å². The molecule has 1 fully saturated rings. The van der Waals surface area contributed by atoms with Crippen molar-refractivity contribution in [3.05, 3.63) is 42.0 Å². The van der Waals surface area contributed by atoms with Crippen LogP contribution in [0.4, 0.5) is 0 Å². The van der Waals surface area contributed by atoms with Crippen LogP contribution in [-0.4, -0.2) is 25.2 Å². The van der Waals surface area contributed by atoms with E-state index in [-0.39, 0.29) is 4.90 Å². The van der Waals surface area contributed by atoms with Crippen LogP contribution in [0.15, 0.2) is 41.3 Å². The van der Waals surface area contributed by atoms with Crippen molar-refractivity contribution < 1.29 is 18.0 Å². The predicted molar refractivity (Wildman–Crippen MR) is 78.7 cm³/mol. The van der Waals surface area contributed by atoms with Gasteiger partial charge in [-0.15, -0.1) is 4.83 Å². The molecule has 1 N–H and O–H groups in total. The number of nitrogens with one attached hydrogen (secondary N) is 1. The number of sulfonamides is 1. The fourth-order valence-corrected chi connectivity index (χ4v) is 3.80. The number of allylic oxidation sites excluding steroid dienone is 2. The van der Waals surface area contributed by atoms with Gasteiger partial charge in [0.25, 0.3) is 10.0 Å². The fraction of sp³-hybridized carbons (Fsp3) is 0.333. The number of hydrogen-bond acceptors (Lipinski definition) is 4. The molecule has 2 unspecified atom stereocenters. The van der Waals surface area contributed by atoms with Gasteiger partial charge in [0.15, 0.2) is 0 Å². The molecule has 0 spiro atoms. The molecule has 1 aliphatic heterocycles. The number of hydrazine groups is 1. The number of hydrogen-bond donors (Lipinski definition) is 1. The number of imide groups is 1. The highest BCUT2D eigenvalue weighted by molar-refractivity contribution is 7.89. The van der Waals surface area contributed by atoms with Crippen LogP contribution in [0.5, 0.6) is 0 Å². The van der Waals surface area contributed by atoms with Crippen LogP contribution in [0.1, 0.15) is 18.4 Å². The van der Waals surface area contributed by atoms with Crippen molar-refractivity contribution in [2.24, 2.45) is 11.8 Å². The van der Waals surface area contributed by atoms with E-state index in [1.165, 1.54) is 12.1 Å². The lowest BCUT2D eigenvalue weighted by Crippen LogP contribution is -2.46. The van der Waals surface area contributed by atoms with Gasteiger partial charge in [0.2, 0.25) is 11.8 Å². The first-order valence-corrected chi connectivity index (χ1v) is 8.50. The highest BCUT2D eigenvalue weighted by atomic mass is 32.2. The monoisotopic (exact) mass is 320 g/mol. The first-order chi connectivity index (χ1) is 10.4. The SMILES string of the molecule is Cc1ccc(S(=O)(=O)NN2C(=O)C3CC=CCC3C2=O)cc1. The lowest BCUT2D eigenvalue weighted by Gasteiger charge is -2.16. The normalized spacial score (nSPS) is 24.7. The second kappa shape index (κ2) is 5.33. The van der Waals surface area contributed by atoms with Gasteiger partial charge >= 0.3 is 0 Å². The number of aryl methyl sites for hydroxylation is 1. The Kier molecular flexibility index (Phi) is 3.62. The number of nitrogens with zero attached hydrogens (tertiary/aromatic N) is 1. The van der Waals surface area contributed by atoms with Crippen LogP contribution in [0.25, 0.3) is 0 Å². The van der Waals surface area contributed by atoms with Gasteiger partial charge in [0.05, 0.1) is 16.7 Å². The number of amides is 2. The largest absolute Gasteiger partial charge is 0.273 e. The fourth-order valence-electron chi connectivity index (χ4n) is 2.78. The molecule has 1 heterocycles. The molecular weight excluding hydrogens is 304 g/mol. The Bertz CT molecular complexity index is 726. The van der Waals surface area contributed by atoms with Crippen molar-refractivity contribution in [1.29, 1.82) is 0 Å². The third-order valence-electron chi connectivity index (χ3n) is 4.05. The Morgan fingerprint density at radius 2 is 1.50 bits per heavy atom. The Morgan fingerprint density at radius 3 is 2.00 bits per heavy atom. The van der Waals surface area contributed by atoms with E-state index in [1.807, 2.05) is 19.1 Å². The molecule has 2 atom stereocenters. The van der Waals surface area contributed by atoms with E-state index in [2.05, 4.69) is 4.83 Å². The van der Waals surface area contributed by atoms with E-state index >= 15 is 0 Å². The molecular formula is C15H16N2O4S. The van der Waals surface area contributed by atoms with E-state index in [0.717, 1.165) is 5.56 Å². The zero-order valence-corrected chi connectivity index (χ0v) is 12.8. The predicted octanol–water partition coefficient (Wildman–Crippen LogP) is 1.14. The first kappa shape index (κ1) is 14.9. The summed E-state index contributed by atoms with van der Waals surface area (Å²) in [5.74, 6) is -1.87. The second-order valence-electron chi connectivity index (χ2n) is 5.58. The summed E-state index contributed by atoms with van der Waals surface area (Å²) < 4.78 is 24.6. The summed E-state index contributed by atoms with van der Waals surface area (Å²) in [6, 6.07) is 6.20. The van der Waals surface area contributed by atoms with Crippen molar-refractivity contribution >= 4 is 21.8 Å². The summed E-state index contributed by atoms with van der Waals surface area (Å²) in [5.41, 5.74) is 0.921. The molecule has 1 aromatic rings. The molecule has 0 radical (unpaired) electrons. The van der Waals surface area contributed by atoms with Gasteiger partial charge in [-0.05, 0) is 31.9 Å². The highest BCUT2D eigenvalue weighted by Crippen LogP contribution is 2.34. The molecule has 1 saturated heterocycles. The maximum absolute atomic E-state index is 12.3. The van der Waals surface area contributed by atoms with E-state index in [0.29, 0.717) is 17.9 Å². The maximum atomic E-state index is 12.3. The molecule has 3 rings (SSSR count). The molecule has 2 amide bonds. The summed E-state index contributed by atoms with van der Waals surface area (Å²) in [5, 5.41) is 0.664. The summed E-state index contributed by atoms with van der Waals surface area (Å²) in [6.45, 7) is 1.84. The Labute approximate surface area is 128 Å². The van der Waals surface area contributed by atoms with Gasteiger partial charge < -0.3 is 0 Å². The van der Waals surface area contributed by atoms with Gasteiger partial charge in [-0.2, -0.15) is 5.01 Å². The third kappa shape index (κ3) is 2.46. The highest BCUT2D eigenvalue weighted by Gasteiger charge is 2.48. The van der Waals surface area contributed by atoms with Crippen LogP contribution in [0.2, 0.25) is 0 Å². The van der Waals surface area contributed by atoms with Crippen LogP contribution >= 0.6 is 0 Å². The second-order valence-corrected chi connectivity index (χ2v) is 7.24. The average molecular weight is 320 g/mol. The smallest absolute Gasteiger partial charge is 0.257 e. The van der Waals surface area contributed by atoms with E-state index < -0.39 is 33.7 Å². The Balaban J connectivity index is 1.85. The van der Waals surface area contributed by atoms with Crippen molar-refractivity contribution in [2.75, 3.05) is 0 Å². The van der Waals surface area contributed by atoms with Crippen molar-refractivity contribution in [2.45, 2.75) is 24.7 Å². The average Bonchev–Trinajstić information content (AvgIpc) is 2.73.